The summed E-state index contributed by atoms with van der Waals surface area (Å²) in [4.78, 5) is 68.9. The SMILES string of the molecule is Nc1nc2c(ncn2[C@H]2CC[C@@H](COP(=O)(O)O[C@H]3C(O)[C@H](n4cnc5cccc(N)c5c4=O)O[C@@H]3COP(=O)(O)O)O2)c(=O)[nH]1. The summed E-state index contributed by atoms with van der Waals surface area (Å²) in [6.07, 6.45) is -5.07. The summed E-state index contributed by atoms with van der Waals surface area (Å²) >= 11 is 0. The van der Waals surface area contributed by atoms with Crippen molar-refractivity contribution in [3.63, 3.8) is 0 Å². The van der Waals surface area contributed by atoms with Crippen molar-refractivity contribution >= 4 is 49.3 Å². The van der Waals surface area contributed by atoms with Crippen LogP contribution in [0.2, 0.25) is 0 Å². The number of benzene rings is 1. The largest absolute Gasteiger partial charge is 0.472 e. The molecule has 3 aromatic heterocycles. The zero-order chi connectivity index (χ0) is 33.0. The van der Waals surface area contributed by atoms with E-state index in [1.807, 2.05) is 0 Å². The molecule has 2 unspecified atom stereocenters. The predicted octanol–water partition coefficient (Wildman–Crippen LogP) is -0.759. The van der Waals surface area contributed by atoms with E-state index < -0.39 is 76.8 Å². The number of aromatic amines is 1. The summed E-state index contributed by atoms with van der Waals surface area (Å²) < 4.78 is 53.2. The van der Waals surface area contributed by atoms with Crippen LogP contribution in [-0.4, -0.2) is 86.5 Å². The lowest BCUT2D eigenvalue weighted by Crippen LogP contribution is -2.37. The standard InChI is InChI=1S/C23H28N8O13P2/c24-11-2-1-3-12-15(11)21(34)31(8-26-12)22-17(32)18(13(43-22)7-40-45(35,36)37)44-46(38,39)41-6-10-4-5-14(42-10)30-9-27-16-19(30)28-23(25)29-20(16)33/h1-3,8-10,13-14,17-18,22,32H,4-7,24H2,(H,38,39)(H2,35,36,37)(H3,25,28,29,33)/t10-,13+,14+,17?,18+,22+/m0/s1. The molecule has 23 heteroatoms. The molecule has 0 spiro atoms. The number of aromatic nitrogens is 6. The van der Waals surface area contributed by atoms with Crippen LogP contribution >= 0.6 is 15.6 Å². The number of fused-ring (bicyclic) bond motifs is 2. The monoisotopic (exact) mass is 686 g/mol. The molecule has 4 aromatic rings. The van der Waals surface area contributed by atoms with E-state index >= 15 is 0 Å². The van der Waals surface area contributed by atoms with Crippen molar-refractivity contribution in [1.29, 1.82) is 0 Å². The highest BCUT2D eigenvalue weighted by molar-refractivity contribution is 7.47. The van der Waals surface area contributed by atoms with Crippen molar-refractivity contribution in [3.05, 3.63) is 51.6 Å². The molecule has 7 atom stereocenters. The Balaban J connectivity index is 1.16. The number of hydrogen-bond donors (Lipinski definition) is 7. The second-order valence-corrected chi connectivity index (χ2v) is 13.1. The minimum atomic E-state index is -5.06. The number of aliphatic hydroxyl groups excluding tert-OH is 1. The van der Waals surface area contributed by atoms with Crippen LogP contribution in [0.15, 0.2) is 40.4 Å². The molecule has 2 aliphatic rings. The first-order valence-corrected chi connectivity index (χ1v) is 16.6. The lowest BCUT2D eigenvalue weighted by atomic mass is 10.1. The number of hydrogen-bond acceptors (Lipinski definition) is 15. The van der Waals surface area contributed by atoms with Gasteiger partial charge in [-0.25, -0.2) is 19.1 Å². The first-order valence-electron chi connectivity index (χ1n) is 13.5. The minimum Gasteiger partial charge on any atom is -0.398 e. The number of H-pyrrole nitrogens is 1. The van der Waals surface area contributed by atoms with Crippen LogP contribution in [0.25, 0.3) is 22.1 Å². The summed E-state index contributed by atoms with van der Waals surface area (Å²) in [6.45, 7) is -1.37. The normalized spacial score (nSPS) is 26.6. The van der Waals surface area contributed by atoms with E-state index in [2.05, 4.69) is 24.5 Å². The Bertz CT molecular complexity index is 2000. The summed E-state index contributed by atoms with van der Waals surface area (Å²) in [6, 6.07) is 4.58. The highest BCUT2D eigenvalue weighted by atomic mass is 31.2. The van der Waals surface area contributed by atoms with Gasteiger partial charge in [-0.1, -0.05) is 6.07 Å². The quantitative estimate of drug-likeness (QED) is 0.0796. The number of phosphoric acid groups is 2. The highest BCUT2D eigenvalue weighted by Crippen LogP contribution is 2.50. The number of ether oxygens (including phenoxy) is 2. The number of nitrogens with zero attached hydrogens (tertiary/aromatic N) is 5. The van der Waals surface area contributed by atoms with Crippen LogP contribution < -0.4 is 22.6 Å². The van der Waals surface area contributed by atoms with E-state index in [1.54, 1.807) is 6.07 Å². The van der Waals surface area contributed by atoms with Crippen molar-refractivity contribution in [2.45, 2.75) is 49.7 Å². The van der Waals surface area contributed by atoms with Gasteiger partial charge in [0, 0.05) is 5.69 Å². The number of phosphoric ester groups is 2. The van der Waals surface area contributed by atoms with E-state index in [0.29, 0.717) is 12.8 Å². The number of nitrogen functional groups attached to an aromatic ring is 2. The lowest BCUT2D eigenvalue weighted by Gasteiger charge is -2.24. The van der Waals surface area contributed by atoms with Gasteiger partial charge in [-0.15, -0.1) is 0 Å². The second-order valence-electron chi connectivity index (χ2n) is 10.4. The Morgan fingerprint density at radius 2 is 1.78 bits per heavy atom. The number of anilines is 2. The van der Waals surface area contributed by atoms with Gasteiger partial charge >= 0.3 is 15.6 Å². The Morgan fingerprint density at radius 3 is 2.54 bits per heavy atom. The summed E-state index contributed by atoms with van der Waals surface area (Å²) in [5.41, 5.74) is 10.9. The molecule has 2 fully saturated rings. The Labute approximate surface area is 256 Å². The van der Waals surface area contributed by atoms with Gasteiger partial charge < -0.3 is 40.7 Å². The lowest BCUT2D eigenvalue weighted by molar-refractivity contribution is -0.0545. The molecule has 1 aromatic carbocycles. The average Bonchev–Trinajstić information content (AvgIpc) is 3.69. The highest BCUT2D eigenvalue weighted by Gasteiger charge is 2.50. The molecule has 46 heavy (non-hydrogen) atoms. The predicted molar refractivity (Wildman–Crippen MR) is 155 cm³/mol. The summed E-state index contributed by atoms with van der Waals surface area (Å²) in [5, 5.41) is 11.1. The van der Waals surface area contributed by atoms with Crippen molar-refractivity contribution in [2.75, 3.05) is 24.7 Å². The van der Waals surface area contributed by atoms with Crippen molar-refractivity contribution < 1.29 is 52.0 Å². The molecule has 21 nitrogen and oxygen atoms in total. The smallest absolute Gasteiger partial charge is 0.398 e. The fourth-order valence-electron chi connectivity index (χ4n) is 5.30. The number of nitrogens with two attached hydrogens (primary N) is 2. The molecule has 0 bridgehead atoms. The van der Waals surface area contributed by atoms with E-state index in [1.165, 1.54) is 23.0 Å². The first-order chi connectivity index (χ1) is 21.7. The first kappa shape index (κ1) is 32.4. The molecule has 2 saturated heterocycles. The zero-order valence-electron chi connectivity index (χ0n) is 23.4. The molecule has 6 rings (SSSR count). The number of imidazole rings is 1. The van der Waals surface area contributed by atoms with Gasteiger partial charge in [0.15, 0.2) is 17.4 Å². The molecule has 248 valence electrons. The van der Waals surface area contributed by atoms with Gasteiger partial charge in [0.25, 0.3) is 11.1 Å². The topological polar surface area (TPSA) is 312 Å². The maximum atomic E-state index is 13.2. The number of nitrogens with one attached hydrogen (secondary N) is 1. The van der Waals surface area contributed by atoms with Gasteiger partial charge in [0.1, 0.15) is 30.9 Å². The zero-order valence-corrected chi connectivity index (χ0v) is 25.2. The molecular formula is C23H28N8O13P2. The van der Waals surface area contributed by atoms with Crippen LogP contribution in [0.3, 0.4) is 0 Å². The maximum Gasteiger partial charge on any atom is 0.472 e. The number of aliphatic hydroxyl groups is 1. The van der Waals surface area contributed by atoms with Gasteiger partial charge in [0.2, 0.25) is 5.95 Å². The van der Waals surface area contributed by atoms with Crippen LogP contribution in [0.4, 0.5) is 11.6 Å². The Morgan fingerprint density at radius 1 is 1.02 bits per heavy atom. The van der Waals surface area contributed by atoms with Crippen LogP contribution in [0, 0.1) is 0 Å². The molecule has 9 N–H and O–H groups in total. The summed E-state index contributed by atoms with van der Waals surface area (Å²) in [5.74, 6) is -0.119. The average molecular weight is 686 g/mol. The van der Waals surface area contributed by atoms with Crippen LogP contribution in [0.5, 0.6) is 0 Å². The summed E-state index contributed by atoms with van der Waals surface area (Å²) in [7, 11) is -10.1. The third-order valence-corrected chi connectivity index (χ3v) is 8.83. The third-order valence-electron chi connectivity index (χ3n) is 7.36. The van der Waals surface area contributed by atoms with E-state index in [9.17, 15) is 38.5 Å². The Kier molecular flexibility index (Phi) is 8.59. The molecule has 0 aliphatic carbocycles. The molecule has 0 saturated carbocycles. The molecule has 5 heterocycles. The third kappa shape index (κ3) is 6.48. The van der Waals surface area contributed by atoms with Gasteiger partial charge in [-0.3, -0.25) is 37.3 Å². The second kappa shape index (κ2) is 12.2. The molecule has 2 aliphatic heterocycles. The molecular weight excluding hydrogens is 658 g/mol. The maximum absolute atomic E-state index is 13.2. The van der Waals surface area contributed by atoms with Crippen molar-refractivity contribution in [3.8, 4) is 0 Å². The molecule has 0 radical (unpaired) electrons. The van der Waals surface area contributed by atoms with Crippen LogP contribution in [0.1, 0.15) is 25.3 Å². The van der Waals surface area contributed by atoms with E-state index in [0.717, 1.165) is 10.9 Å². The van der Waals surface area contributed by atoms with Crippen molar-refractivity contribution in [1.82, 2.24) is 29.1 Å². The van der Waals surface area contributed by atoms with Gasteiger partial charge in [-0.2, -0.15) is 4.98 Å². The van der Waals surface area contributed by atoms with Gasteiger partial charge in [-0.05, 0) is 25.0 Å². The van der Waals surface area contributed by atoms with Crippen molar-refractivity contribution in [2.24, 2.45) is 0 Å². The van der Waals surface area contributed by atoms with Gasteiger partial charge in [0.05, 0.1) is 36.5 Å². The Hall–Kier alpha value is -3.59. The molecule has 0 amide bonds. The number of rotatable bonds is 10. The minimum absolute atomic E-state index is 0.00829. The fraction of sp³-hybridized carbons (Fsp3) is 0.435. The fourth-order valence-corrected chi connectivity index (χ4v) is 6.62. The van der Waals surface area contributed by atoms with E-state index in [4.69, 9.17) is 30.0 Å². The van der Waals surface area contributed by atoms with Crippen LogP contribution in [-0.2, 0) is 32.2 Å². The van der Waals surface area contributed by atoms with E-state index in [-0.39, 0.29) is 33.7 Å².